The molecule has 3 aromatic rings. The number of morpholine rings is 1. The zero-order valence-corrected chi connectivity index (χ0v) is 19.8. The lowest BCUT2D eigenvalue weighted by atomic mass is 10.1. The number of nitrogens with one attached hydrogen (secondary N) is 1. The zero-order chi connectivity index (χ0) is 24.1. The SMILES string of the molecule is COc1ccc(S(=O)(=O)N2CCOCC2)cc1C(=O)Nc1ccccc1Oc1ccc(C)cc1. The molecule has 1 fully saturated rings. The number of carbonyl (C=O) groups excluding carboxylic acids is 1. The Morgan fingerprint density at radius 1 is 0.971 bits per heavy atom. The summed E-state index contributed by atoms with van der Waals surface area (Å²) in [7, 11) is -2.35. The molecule has 1 N–H and O–H groups in total. The molecule has 0 aliphatic carbocycles. The van der Waals surface area contributed by atoms with Gasteiger partial charge in [-0.3, -0.25) is 4.79 Å². The number of nitrogens with zero attached hydrogens (tertiary/aromatic N) is 1. The minimum absolute atomic E-state index is 0.0181. The molecular weight excluding hydrogens is 456 g/mol. The maximum Gasteiger partial charge on any atom is 0.259 e. The van der Waals surface area contributed by atoms with Gasteiger partial charge in [-0.25, -0.2) is 8.42 Å². The molecule has 34 heavy (non-hydrogen) atoms. The average molecular weight is 483 g/mol. The highest BCUT2D eigenvalue weighted by Gasteiger charge is 2.28. The first-order valence-corrected chi connectivity index (χ1v) is 12.2. The van der Waals surface area contributed by atoms with Crippen LogP contribution in [0.2, 0.25) is 0 Å². The Morgan fingerprint density at radius 2 is 1.68 bits per heavy atom. The number of para-hydroxylation sites is 2. The molecule has 1 amide bonds. The first-order chi connectivity index (χ1) is 16.4. The van der Waals surface area contributed by atoms with Crippen molar-refractivity contribution in [2.24, 2.45) is 0 Å². The van der Waals surface area contributed by atoms with Crippen LogP contribution in [0.15, 0.2) is 71.6 Å². The van der Waals surface area contributed by atoms with Crippen LogP contribution in [0, 0.1) is 6.92 Å². The molecule has 1 saturated heterocycles. The largest absolute Gasteiger partial charge is 0.496 e. The van der Waals surface area contributed by atoms with Crippen molar-refractivity contribution in [3.63, 3.8) is 0 Å². The van der Waals surface area contributed by atoms with E-state index in [9.17, 15) is 13.2 Å². The van der Waals surface area contributed by atoms with E-state index in [1.165, 1.54) is 29.6 Å². The van der Waals surface area contributed by atoms with Gasteiger partial charge < -0.3 is 19.5 Å². The van der Waals surface area contributed by atoms with Gasteiger partial charge in [-0.05, 0) is 49.4 Å². The van der Waals surface area contributed by atoms with Crippen molar-refractivity contribution in [1.29, 1.82) is 0 Å². The number of hydrogen-bond donors (Lipinski definition) is 1. The molecule has 4 rings (SSSR count). The number of carbonyl (C=O) groups is 1. The summed E-state index contributed by atoms with van der Waals surface area (Å²) in [6.45, 7) is 3.18. The molecule has 8 nitrogen and oxygen atoms in total. The van der Waals surface area contributed by atoms with Crippen LogP contribution in [-0.2, 0) is 14.8 Å². The third-order valence-corrected chi connectivity index (χ3v) is 7.30. The standard InChI is InChI=1S/C25H26N2O6S/c1-18-7-9-19(10-8-18)33-24-6-4-3-5-22(24)26-25(28)21-17-20(11-12-23(21)31-2)34(29,30)27-13-15-32-16-14-27/h3-12,17H,13-16H2,1-2H3,(H,26,28). The van der Waals surface area contributed by atoms with Crippen molar-refractivity contribution in [3.05, 3.63) is 77.9 Å². The Labute approximate surface area is 199 Å². The fourth-order valence-electron chi connectivity index (χ4n) is 3.54. The Hall–Kier alpha value is -3.40. The molecule has 0 radical (unpaired) electrons. The molecule has 0 aromatic heterocycles. The topological polar surface area (TPSA) is 94.2 Å². The lowest BCUT2D eigenvalue weighted by Gasteiger charge is -2.26. The predicted octanol–water partition coefficient (Wildman–Crippen LogP) is 4.07. The fraction of sp³-hybridized carbons (Fsp3) is 0.240. The van der Waals surface area contributed by atoms with E-state index in [4.69, 9.17) is 14.2 Å². The van der Waals surface area contributed by atoms with Gasteiger partial charge in [0.05, 0.1) is 36.5 Å². The highest BCUT2D eigenvalue weighted by Crippen LogP contribution is 2.31. The van der Waals surface area contributed by atoms with Crippen LogP contribution in [0.25, 0.3) is 0 Å². The van der Waals surface area contributed by atoms with Crippen LogP contribution >= 0.6 is 0 Å². The van der Waals surface area contributed by atoms with Gasteiger partial charge in [-0.1, -0.05) is 29.8 Å². The molecule has 0 saturated carbocycles. The smallest absolute Gasteiger partial charge is 0.259 e. The summed E-state index contributed by atoms with van der Waals surface area (Å²) in [6.07, 6.45) is 0. The van der Waals surface area contributed by atoms with Crippen molar-refractivity contribution in [1.82, 2.24) is 4.31 Å². The fourth-order valence-corrected chi connectivity index (χ4v) is 4.98. The molecule has 0 bridgehead atoms. The van der Waals surface area contributed by atoms with Gasteiger partial charge in [0.1, 0.15) is 11.5 Å². The molecule has 0 unspecified atom stereocenters. The van der Waals surface area contributed by atoms with Crippen molar-refractivity contribution in [2.45, 2.75) is 11.8 Å². The summed E-state index contributed by atoms with van der Waals surface area (Å²) in [5.41, 5.74) is 1.64. The van der Waals surface area contributed by atoms with E-state index >= 15 is 0 Å². The Balaban J connectivity index is 1.61. The Kier molecular flexibility index (Phi) is 7.16. The van der Waals surface area contributed by atoms with Crippen LogP contribution in [-0.4, -0.2) is 52.0 Å². The first-order valence-electron chi connectivity index (χ1n) is 10.8. The quantitative estimate of drug-likeness (QED) is 0.546. The van der Waals surface area contributed by atoms with E-state index in [2.05, 4.69) is 5.32 Å². The number of hydrogen-bond acceptors (Lipinski definition) is 6. The minimum atomic E-state index is -3.78. The minimum Gasteiger partial charge on any atom is -0.496 e. The molecule has 9 heteroatoms. The maximum atomic E-state index is 13.2. The molecule has 1 aliphatic rings. The van der Waals surface area contributed by atoms with Crippen LogP contribution < -0.4 is 14.8 Å². The number of sulfonamides is 1. The second-order valence-corrected chi connectivity index (χ2v) is 9.68. The summed E-state index contributed by atoms with van der Waals surface area (Å²) in [6, 6.07) is 18.8. The normalized spacial score (nSPS) is 14.4. The Morgan fingerprint density at radius 3 is 2.38 bits per heavy atom. The van der Waals surface area contributed by atoms with Crippen molar-refractivity contribution >= 4 is 21.6 Å². The molecule has 3 aromatic carbocycles. The number of benzene rings is 3. The van der Waals surface area contributed by atoms with E-state index in [-0.39, 0.29) is 29.3 Å². The van der Waals surface area contributed by atoms with Crippen molar-refractivity contribution < 1.29 is 27.4 Å². The third kappa shape index (κ3) is 5.22. The first kappa shape index (κ1) is 23.7. The molecule has 1 heterocycles. The highest BCUT2D eigenvalue weighted by molar-refractivity contribution is 7.89. The summed E-state index contributed by atoms with van der Waals surface area (Å²) in [5.74, 6) is 0.824. The van der Waals surface area contributed by atoms with Crippen LogP contribution in [0.3, 0.4) is 0 Å². The number of aryl methyl sites for hydroxylation is 1. The highest BCUT2D eigenvalue weighted by atomic mass is 32.2. The summed E-state index contributed by atoms with van der Waals surface area (Å²) in [4.78, 5) is 13.2. The summed E-state index contributed by atoms with van der Waals surface area (Å²) >= 11 is 0. The second kappa shape index (κ2) is 10.3. The summed E-state index contributed by atoms with van der Waals surface area (Å²) in [5, 5.41) is 2.82. The number of ether oxygens (including phenoxy) is 3. The molecular formula is C25H26N2O6S. The van der Waals surface area contributed by atoms with E-state index in [0.717, 1.165) is 5.56 Å². The molecule has 0 atom stereocenters. The third-order valence-electron chi connectivity index (χ3n) is 5.41. The molecule has 178 valence electrons. The van der Waals surface area contributed by atoms with Gasteiger partial charge in [0.2, 0.25) is 10.0 Å². The predicted molar refractivity (Wildman–Crippen MR) is 128 cm³/mol. The van der Waals surface area contributed by atoms with Gasteiger partial charge in [0.25, 0.3) is 5.91 Å². The average Bonchev–Trinajstić information content (AvgIpc) is 2.86. The van der Waals surface area contributed by atoms with Crippen molar-refractivity contribution in [3.8, 4) is 17.2 Å². The lowest BCUT2D eigenvalue weighted by Crippen LogP contribution is -2.40. The second-order valence-electron chi connectivity index (χ2n) is 7.74. The number of rotatable bonds is 7. The maximum absolute atomic E-state index is 13.2. The number of methoxy groups -OCH3 is 1. The lowest BCUT2D eigenvalue weighted by molar-refractivity contribution is 0.0730. The number of amides is 1. The van der Waals surface area contributed by atoms with E-state index in [0.29, 0.717) is 30.4 Å². The molecule has 0 spiro atoms. The van der Waals surface area contributed by atoms with Crippen LogP contribution in [0.4, 0.5) is 5.69 Å². The van der Waals surface area contributed by atoms with Gasteiger partial charge in [0, 0.05) is 13.1 Å². The van der Waals surface area contributed by atoms with Gasteiger partial charge in [-0.2, -0.15) is 4.31 Å². The Bertz CT molecular complexity index is 1270. The van der Waals surface area contributed by atoms with Crippen molar-refractivity contribution in [2.75, 3.05) is 38.7 Å². The number of anilines is 1. The van der Waals surface area contributed by atoms with E-state index in [1.54, 1.807) is 24.3 Å². The molecule has 1 aliphatic heterocycles. The van der Waals surface area contributed by atoms with E-state index < -0.39 is 15.9 Å². The summed E-state index contributed by atoms with van der Waals surface area (Å²) < 4.78 is 44.1. The van der Waals surface area contributed by atoms with Gasteiger partial charge in [0.15, 0.2) is 5.75 Å². The van der Waals surface area contributed by atoms with Crippen LogP contribution in [0.5, 0.6) is 17.2 Å². The van der Waals surface area contributed by atoms with Gasteiger partial charge >= 0.3 is 0 Å². The zero-order valence-electron chi connectivity index (χ0n) is 19.0. The monoisotopic (exact) mass is 482 g/mol. The van der Waals surface area contributed by atoms with Crippen LogP contribution in [0.1, 0.15) is 15.9 Å². The van der Waals surface area contributed by atoms with Gasteiger partial charge in [-0.15, -0.1) is 0 Å². The van der Waals surface area contributed by atoms with E-state index in [1.807, 2.05) is 31.2 Å².